The number of amides is 2. The van der Waals surface area contributed by atoms with Gasteiger partial charge < -0.3 is 9.16 Å². The Morgan fingerprint density at radius 1 is 1.24 bits per heavy atom. The lowest BCUT2D eigenvalue weighted by Crippen LogP contribution is -2.44. The van der Waals surface area contributed by atoms with Crippen molar-refractivity contribution in [3.05, 3.63) is 48.0 Å². The van der Waals surface area contributed by atoms with Gasteiger partial charge in [-0.15, -0.1) is 0 Å². The van der Waals surface area contributed by atoms with Crippen molar-refractivity contribution < 1.29 is 18.8 Å². The number of hydrogen-bond donors (Lipinski definition) is 0. The summed E-state index contributed by atoms with van der Waals surface area (Å²) in [5.41, 5.74) is 2.08. The fraction of sp³-hybridized carbons (Fsp3) is 0.630. The van der Waals surface area contributed by atoms with Crippen LogP contribution in [0.4, 0.5) is 4.79 Å². The number of carbonyl (C=O) groups is 2. The summed E-state index contributed by atoms with van der Waals surface area (Å²) in [6.07, 6.45) is 3.49. The maximum atomic E-state index is 13.2. The molecule has 33 heavy (non-hydrogen) atoms. The second-order valence-corrected chi connectivity index (χ2v) is 15.7. The van der Waals surface area contributed by atoms with Crippen molar-refractivity contribution in [1.82, 2.24) is 4.90 Å². The fourth-order valence-corrected chi connectivity index (χ4v) is 5.44. The summed E-state index contributed by atoms with van der Waals surface area (Å²) >= 11 is 0. The molecule has 0 aliphatic carbocycles. The summed E-state index contributed by atoms with van der Waals surface area (Å²) in [5, 5.41) is 0.146. The molecular weight excluding hydrogens is 430 g/mol. The van der Waals surface area contributed by atoms with Gasteiger partial charge in [0.15, 0.2) is 8.32 Å². The molecule has 6 heteroatoms. The molecule has 1 aliphatic rings. The molecule has 184 valence electrons. The first kappa shape index (κ1) is 27.3. The Bertz CT molecular complexity index is 815. The number of carbonyl (C=O) groups excluding carboxylic acids is 2. The Hall–Kier alpha value is -1.92. The zero-order chi connectivity index (χ0) is 24.8. The summed E-state index contributed by atoms with van der Waals surface area (Å²) in [4.78, 5) is 26.9. The first-order chi connectivity index (χ1) is 15.4. The normalized spacial score (nSPS) is 18.7. The third-order valence-corrected chi connectivity index (χ3v) is 11.5. The van der Waals surface area contributed by atoms with Crippen molar-refractivity contribution in [3.8, 4) is 0 Å². The molecule has 2 rings (SSSR count). The topological polar surface area (TPSA) is 55.8 Å². The molecule has 0 N–H and O–H groups in total. The molecule has 1 aromatic rings. The summed E-state index contributed by atoms with van der Waals surface area (Å²) in [7, 11) is -1.89. The van der Waals surface area contributed by atoms with Crippen LogP contribution in [0.25, 0.3) is 0 Å². The highest BCUT2D eigenvalue weighted by atomic mass is 28.4. The highest BCUT2D eigenvalue weighted by Crippen LogP contribution is 2.38. The third-order valence-electron chi connectivity index (χ3n) is 6.92. The minimum Gasteiger partial charge on any atom is -0.447 e. The Balaban J connectivity index is 2.00. The second kappa shape index (κ2) is 11.5. The van der Waals surface area contributed by atoms with Crippen LogP contribution < -0.4 is 0 Å². The van der Waals surface area contributed by atoms with Gasteiger partial charge in [-0.25, -0.2) is 9.69 Å². The van der Waals surface area contributed by atoms with Crippen LogP contribution in [0.15, 0.2) is 42.5 Å². The Morgan fingerprint density at radius 3 is 2.45 bits per heavy atom. The van der Waals surface area contributed by atoms with Gasteiger partial charge in [-0.05, 0) is 49.4 Å². The van der Waals surface area contributed by atoms with Crippen molar-refractivity contribution in [3.63, 3.8) is 0 Å². The van der Waals surface area contributed by atoms with E-state index in [1.165, 1.54) is 4.90 Å². The highest BCUT2D eigenvalue weighted by molar-refractivity contribution is 6.74. The Morgan fingerprint density at radius 2 is 1.88 bits per heavy atom. The van der Waals surface area contributed by atoms with Crippen LogP contribution in [0.3, 0.4) is 0 Å². The first-order valence-electron chi connectivity index (χ1n) is 12.2. The van der Waals surface area contributed by atoms with Crippen molar-refractivity contribution in [2.75, 3.05) is 6.61 Å². The van der Waals surface area contributed by atoms with Gasteiger partial charge in [-0.1, -0.05) is 83.5 Å². The van der Waals surface area contributed by atoms with Gasteiger partial charge in [0.1, 0.15) is 6.61 Å². The minimum atomic E-state index is -1.89. The first-order valence-corrected chi connectivity index (χ1v) is 15.1. The molecule has 1 fully saturated rings. The number of ether oxygens (including phenoxy) is 1. The zero-order valence-corrected chi connectivity index (χ0v) is 22.6. The van der Waals surface area contributed by atoms with E-state index in [-0.39, 0.29) is 35.6 Å². The number of benzene rings is 1. The monoisotopic (exact) mass is 473 g/mol. The van der Waals surface area contributed by atoms with E-state index in [2.05, 4.69) is 47.4 Å². The zero-order valence-electron chi connectivity index (χ0n) is 21.6. The van der Waals surface area contributed by atoms with E-state index in [9.17, 15) is 9.59 Å². The van der Waals surface area contributed by atoms with Gasteiger partial charge in [0.2, 0.25) is 5.91 Å². The average Bonchev–Trinajstić information content (AvgIpc) is 3.07. The average molecular weight is 474 g/mol. The molecule has 1 heterocycles. The minimum absolute atomic E-state index is 0.119. The third kappa shape index (κ3) is 7.54. The van der Waals surface area contributed by atoms with Crippen LogP contribution >= 0.6 is 0 Å². The molecule has 0 bridgehead atoms. The van der Waals surface area contributed by atoms with E-state index in [4.69, 9.17) is 9.16 Å². The molecule has 0 saturated carbocycles. The Labute approximate surface area is 201 Å². The maximum Gasteiger partial charge on any atom is 0.416 e. The van der Waals surface area contributed by atoms with Gasteiger partial charge in [-0.2, -0.15) is 0 Å². The lowest BCUT2D eigenvalue weighted by Gasteiger charge is -2.39. The van der Waals surface area contributed by atoms with Crippen LogP contribution in [0.5, 0.6) is 0 Å². The number of imide groups is 1. The quantitative estimate of drug-likeness (QED) is 0.264. The van der Waals surface area contributed by atoms with Crippen LogP contribution in [-0.4, -0.2) is 44.0 Å². The maximum absolute atomic E-state index is 13.2. The predicted molar refractivity (Wildman–Crippen MR) is 137 cm³/mol. The lowest BCUT2D eigenvalue weighted by molar-refractivity contribution is -0.132. The highest BCUT2D eigenvalue weighted by Gasteiger charge is 2.41. The van der Waals surface area contributed by atoms with Crippen LogP contribution in [0, 0.1) is 5.92 Å². The molecule has 1 aromatic carbocycles. The van der Waals surface area contributed by atoms with Crippen LogP contribution in [-0.2, 0) is 20.4 Å². The molecule has 0 aromatic heterocycles. The largest absolute Gasteiger partial charge is 0.447 e. The standard InChI is InChI=1S/C27H43NO4Si/c1-9-13-24(32-33(7,8)27(4,5)6)17-20(2)16-21(3)25(29)28-23(19-31-26(28)30)18-22-14-11-10-12-15-22/h10-12,14-15,21,23-24H,2,9,13,16-19H2,1,3-8H3/t21-,23+,24-/m1/s1. The van der Waals surface area contributed by atoms with Crippen LogP contribution in [0.2, 0.25) is 18.1 Å². The summed E-state index contributed by atoms with van der Waals surface area (Å²) in [6, 6.07) is 9.63. The van der Waals surface area contributed by atoms with E-state index in [0.29, 0.717) is 12.8 Å². The number of cyclic esters (lactones) is 1. The van der Waals surface area contributed by atoms with Crippen molar-refractivity contribution in [1.29, 1.82) is 0 Å². The smallest absolute Gasteiger partial charge is 0.416 e. The lowest BCUT2D eigenvalue weighted by atomic mass is 9.95. The fourth-order valence-electron chi connectivity index (χ4n) is 4.05. The second-order valence-electron chi connectivity index (χ2n) is 11.0. The SMILES string of the molecule is C=C(C[C@@H](CCC)O[Si](C)(C)C(C)(C)C)C[C@@H](C)C(=O)N1C(=O)OC[C@@H]1Cc1ccccc1. The molecule has 5 nitrogen and oxygen atoms in total. The number of hydrogen-bond acceptors (Lipinski definition) is 4. The molecule has 1 saturated heterocycles. The molecule has 1 aliphatic heterocycles. The van der Waals surface area contributed by atoms with Gasteiger partial charge in [-0.3, -0.25) is 4.79 Å². The van der Waals surface area contributed by atoms with Crippen molar-refractivity contribution >= 4 is 20.3 Å². The van der Waals surface area contributed by atoms with E-state index >= 15 is 0 Å². The van der Waals surface area contributed by atoms with Crippen molar-refractivity contribution in [2.45, 2.75) is 97.0 Å². The van der Waals surface area contributed by atoms with E-state index in [0.717, 1.165) is 30.4 Å². The number of nitrogens with zero attached hydrogens (tertiary/aromatic N) is 1. The van der Waals surface area contributed by atoms with E-state index in [1.807, 2.05) is 37.3 Å². The van der Waals surface area contributed by atoms with Crippen molar-refractivity contribution in [2.24, 2.45) is 5.92 Å². The van der Waals surface area contributed by atoms with Gasteiger partial charge in [0.05, 0.1) is 6.04 Å². The molecule has 0 radical (unpaired) electrons. The summed E-state index contributed by atoms with van der Waals surface area (Å²) in [5.74, 6) is -0.520. The molecular formula is C27H43NO4Si. The van der Waals surface area contributed by atoms with Gasteiger partial charge >= 0.3 is 6.09 Å². The van der Waals surface area contributed by atoms with Crippen LogP contribution in [0.1, 0.15) is 65.9 Å². The molecule has 3 atom stereocenters. The summed E-state index contributed by atoms with van der Waals surface area (Å²) < 4.78 is 11.9. The van der Waals surface area contributed by atoms with E-state index in [1.54, 1.807) is 0 Å². The molecule has 0 spiro atoms. The van der Waals surface area contributed by atoms with Gasteiger partial charge in [0, 0.05) is 12.0 Å². The Kier molecular flexibility index (Phi) is 9.50. The molecule has 0 unspecified atom stereocenters. The summed E-state index contributed by atoms with van der Waals surface area (Å²) in [6.45, 7) is 19.9. The molecule has 2 amide bonds. The number of rotatable bonds is 11. The van der Waals surface area contributed by atoms with Gasteiger partial charge in [0.25, 0.3) is 0 Å². The predicted octanol–water partition coefficient (Wildman–Crippen LogP) is 6.74. The van der Waals surface area contributed by atoms with E-state index < -0.39 is 14.4 Å².